The molecule has 0 amide bonds. The first kappa shape index (κ1) is 10.5. The highest BCUT2D eigenvalue weighted by Gasteiger charge is 2.23. The van der Waals surface area contributed by atoms with E-state index in [-0.39, 0.29) is 5.82 Å². The molecule has 0 N–H and O–H groups in total. The van der Waals surface area contributed by atoms with Gasteiger partial charge in [0.15, 0.2) is 11.6 Å². The molecule has 1 aromatic carbocycles. The van der Waals surface area contributed by atoms with Crippen molar-refractivity contribution in [1.29, 1.82) is 0 Å². The zero-order valence-electron chi connectivity index (χ0n) is 9.03. The molecule has 0 radical (unpaired) electrons. The van der Waals surface area contributed by atoms with Gasteiger partial charge in [-0.3, -0.25) is 0 Å². The van der Waals surface area contributed by atoms with Gasteiger partial charge in [-0.05, 0) is 24.1 Å². The molecular weight excluding hydrogens is 239 g/mol. The van der Waals surface area contributed by atoms with Gasteiger partial charge in [-0.1, -0.05) is 29.8 Å². The fraction of sp³-hybridized carbons (Fsp3) is 0.154. The summed E-state index contributed by atoms with van der Waals surface area (Å²) in [5.41, 5.74) is 2.25. The summed E-state index contributed by atoms with van der Waals surface area (Å²) < 4.78 is 13.8. The van der Waals surface area contributed by atoms with Crippen molar-refractivity contribution in [2.24, 2.45) is 0 Å². The van der Waals surface area contributed by atoms with Gasteiger partial charge < -0.3 is 4.90 Å². The van der Waals surface area contributed by atoms with Crippen molar-refractivity contribution in [3.8, 4) is 0 Å². The summed E-state index contributed by atoms with van der Waals surface area (Å²) in [5, 5.41) is 0.318. The van der Waals surface area contributed by atoms with Crippen LogP contribution >= 0.6 is 11.6 Å². The topological polar surface area (TPSA) is 16.1 Å². The van der Waals surface area contributed by atoms with Crippen LogP contribution in [0.1, 0.15) is 5.56 Å². The van der Waals surface area contributed by atoms with Crippen LogP contribution in [0, 0.1) is 5.82 Å². The zero-order valence-corrected chi connectivity index (χ0v) is 9.78. The van der Waals surface area contributed by atoms with Crippen molar-refractivity contribution in [2.75, 3.05) is 11.4 Å². The molecular formula is C13H10ClFN2. The molecule has 0 fully saturated rings. The minimum absolute atomic E-state index is 0.318. The van der Waals surface area contributed by atoms with Gasteiger partial charge in [-0.25, -0.2) is 9.37 Å². The number of benzene rings is 1. The Balaban J connectivity index is 2.07. The summed E-state index contributed by atoms with van der Waals surface area (Å²) in [6.45, 7) is 0.755. The van der Waals surface area contributed by atoms with Gasteiger partial charge >= 0.3 is 0 Å². The Morgan fingerprint density at radius 2 is 2.12 bits per heavy atom. The van der Waals surface area contributed by atoms with E-state index in [0.717, 1.165) is 18.7 Å². The molecule has 3 rings (SSSR count). The Hall–Kier alpha value is -1.61. The Bertz CT molecular complexity index is 571. The summed E-state index contributed by atoms with van der Waals surface area (Å²) in [6, 6.07) is 9.28. The normalized spacial score (nSPS) is 13.9. The first-order valence-electron chi connectivity index (χ1n) is 5.42. The molecule has 0 saturated heterocycles. The van der Waals surface area contributed by atoms with Crippen LogP contribution in [-0.4, -0.2) is 11.5 Å². The minimum Gasteiger partial charge on any atom is -0.323 e. The average molecular weight is 249 g/mol. The van der Waals surface area contributed by atoms with Crippen molar-refractivity contribution < 1.29 is 4.39 Å². The van der Waals surface area contributed by atoms with E-state index in [2.05, 4.69) is 11.1 Å². The lowest BCUT2D eigenvalue weighted by molar-refractivity contribution is 0.619. The molecule has 2 heterocycles. The molecule has 86 valence electrons. The van der Waals surface area contributed by atoms with Crippen LogP contribution in [0.15, 0.2) is 36.5 Å². The predicted octanol–water partition coefficient (Wildman–Crippen LogP) is 3.57. The summed E-state index contributed by atoms with van der Waals surface area (Å²) >= 11 is 5.70. The maximum absolute atomic E-state index is 13.8. The van der Waals surface area contributed by atoms with Gasteiger partial charge in [0.05, 0.1) is 5.02 Å². The molecule has 2 nitrogen and oxygen atoms in total. The van der Waals surface area contributed by atoms with Crippen LogP contribution in [0.4, 0.5) is 15.9 Å². The lowest BCUT2D eigenvalue weighted by atomic mass is 10.2. The molecule has 0 saturated carbocycles. The second-order valence-corrected chi connectivity index (χ2v) is 4.43. The first-order valence-corrected chi connectivity index (χ1v) is 5.80. The minimum atomic E-state index is -0.380. The molecule has 0 atom stereocenters. The zero-order chi connectivity index (χ0) is 11.8. The fourth-order valence-corrected chi connectivity index (χ4v) is 2.31. The molecule has 4 heteroatoms. The summed E-state index contributed by atoms with van der Waals surface area (Å²) in [4.78, 5) is 5.97. The second kappa shape index (κ2) is 4.00. The number of halogens is 2. The van der Waals surface area contributed by atoms with Crippen LogP contribution in [0.25, 0.3) is 0 Å². The van der Waals surface area contributed by atoms with Crippen molar-refractivity contribution >= 4 is 23.1 Å². The monoisotopic (exact) mass is 248 g/mol. The third kappa shape index (κ3) is 1.76. The number of pyridine rings is 1. The number of rotatable bonds is 1. The number of nitrogens with zero attached hydrogens (tertiary/aromatic N) is 2. The van der Waals surface area contributed by atoms with E-state index in [4.69, 9.17) is 11.6 Å². The van der Waals surface area contributed by atoms with E-state index >= 15 is 0 Å². The van der Waals surface area contributed by atoms with Gasteiger partial charge in [-0.2, -0.15) is 0 Å². The first-order chi connectivity index (χ1) is 8.25. The lowest BCUT2D eigenvalue weighted by Crippen LogP contribution is -2.16. The number of hydrogen-bond acceptors (Lipinski definition) is 2. The van der Waals surface area contributed by atoms with Crippen molar-refractivity contribution in [2.45, 2.75) is 6.42 Å². The number of para-hydroxylation sites is 1. The molecule has 1 aliphatic rings. The van der Waals surface area contributed by atoms with Crippen molar-refractivity contribution in [3.05, 3.63) is 52.9 Å². The second-order valence-electron chi connectivity index (χ2n) is 3.99. The third-order valence-corrected chi connectivity index (χ3v) is 3.14. The SMILES string of the molecule is Fc1cc(Cl)cnc1N1CCc2ccccc21. The number of hydrogen-bond donors (Lipinski definition) is 0. The highest BCUT2D eigenvalue weighted by molar-refractivity contribution is 6.30. The van der Waals surface area contributed by atoms with E-state index in [1.165, 1.54) is 17.8 Å². The number of anilines is 2. The van der Waals surface area contributed by atoms with E-state index in [0.29, 0.717) is 10.8 Å². The molecule has 17 heavy (non-hydrogen) atoms. The Morgan fingerprint density at radius 1 is 1.29 bits per heavy atom. The van der Waals surface area contributed by atoms with Crippen LogP contribution in [-0.2, 0) is 6.42 Å². The van der Waals surface area contributed by atoms with Crippen LogP contribution in [0.2, 0.25) is 5.02 Å². The summed E-state index contributed by atoms with van der Waals surface area (Å²) in [6.07, 6.45) is 2.39. The Kier molecular flexibility index (Phi) is 2.48. The summed E-state index contributed by atoms with van der Waals surface area (Å²) in [7, 11) is 0. The van der Waals surface area contributed by atoms with E-state index in [1.54, 1.807) is 0 Å². The smallest absolute Gasteiger partial charge is 0.169 e. The highest BCUT2D eigenvalue weighted by atomic mass is 35.5. The Morgan fingerprint density at radius 3 is 2.94 bits per heavy atom. The van der Waals surface area contributed by atoms with Gasteiger partial charge in [-0.15, -0.1) is 0 Å². The van der Waals surface area contributed by atoms with Gasteiger partial charge in [0.25, 0.3) is 0 Å². The van der Waals surface area contributed by atoms with Crippen LogP contribution in [0.5, 0.6) is 0 Å². The number of fused-ring (bicyclic) bond motifs is 1. The highest BCUT2D eigenvalue weighted by Crippen LogP contribution is 2.34. The number of aromatic nitrogens is 1. The Labute approximate surface area is 104 Å². The van der Waals surface area contributed by atoms with Crippen LogP contribution < -0.4 is 4.90 Å². The van der Waals surface area contributed by atoms with E-state index < -0.39 is 0 Å². The molecule has 1 aromatic heterocycles. The van der Waals surface area contributed by atoms with Gasteiger partial charge in [0.2, 0.25) is 0 Å². The quantitative estimate of drug-likeness (QED) is 0.767. The molecule has 0 aliphatic carbocycles. The molecule has 0 bridgehead atoms. The molecule has 1 aliphatic heterocycles. The van der Waals surface area contributed by atoms with Gasteiger partial charge in [0.1, 0.15) is 0 Å². The molecule has 0 unspecified atom stereocenters. The maximum atomic E-state index is 13.8. The molecule has 2 aromatic rings. The molecule has 0 spiro atoms. The van der Waals surface area contributed by atoms with Gasteiger partial charge in [0, 0.05) is 18.4 Å². The third-order valence-electron chi connectivity index (χ3n) is 2.93. The fourth-order valence-electron chi connectivity index (χ4n) is 2.16. The average Bonchev–Trinajstić information content (AvgIpc) is 2.73. The van der Waals surface area contributed by atoms with Crippen molar-refractivity contribution in [3.63, 3.8) is 0 Å². The lowest BCUT2D eigenvalue weighted by Gasteiger charge is -2.18. The predicted molar refractivity (Wildman–Crippen MR) is 66.4 cm³/mol. The maximum Gasteiger partial charge on any atom is 0.169 e. The van der Waals surface area contributed by atoms with E-state index in [1.807, 2.05) is 23.1 Å². The van der Waals surface area contributed by atoms with Crippen LogP contribution in [0.3, 0.4) is 0 Å². The largest absolute Gasteiger partial charge is 0.323 e. The summed E-state index contributed by atoms with van der Waals surface area (Å²) in [5.74, 6) is -0.0337. The van der Waals surface area contributed by atoms with Crippen molar-refractivity contribution in [1.82, 2.24) is 4.98 Å². The van der Waals surface area contributed by atoms with E-state index in [9.17, 15) is 4.39 Å². The standard InChI is InChI=1S/C13H10ClFN2/c14-10-7-11(15)13(16-8-10)17-6-5-9-3-1-2-4-12(9)17/h1-4,7-8H,5-6H2.